The molecule has 0 bridgehead atoms. The van der Waals surface area contributed by atoms with Crippen molar-refractivity contribution in [3.8, 4) is 5.75 Å². The molecule has 5 heteroatoms. The highest BCUT2D eigenvalue weighted by Crippen LogP contribution is 2.35. The summed E-state index contributed by atoms with van der Waals surface area (Å²) in [4.78, 5) is 1.80. The summed E-state index contributed by atoms with van der Waals surface area (Å²) in [6, 6.07) is 3.16. The molecule has 15 heavy (non-hydrogen) atoms. The van der Waals surface area contributed by atoms with Gasteiger partial charge in [-0.1, -0.05) is 0 Å². The zero-order valence-electron chi connectivity index (χ0n) is 7.88. The Balaban J connectivity index is 2.36. The molecule has 1 aromatic rings. The van der Waals surface area contributed by atoms with Crippen molar-refractivity contribution in [1.82, 2.24) is 0 Å². The Morgan fingerprint density at radius 2 is 1.80 bits per heavy atom. The quantitative estimate of drug-likeness (QED) is 0.781. The molecule has 0 saturated carbocycles. The Labute approximate surface area is 84.9 Å². The molecule has 1 heterocycles. The summed E-state index contributed by atoms with van der Waals surface area (Å²) in [6.45, 7) is 1.50. The van der Waals surface area contributed by atoms with Crippen LogP contribution < -0.4 is 4.90 Å². The molecule has 0 spiro atoms. The number of anilines is 1. The van der Waals surface area contributed by atoms with E-state index in [1.807, 2.05) is 0 Å². The molecule has 1 aromatic carbocycles. The molecule has 0 unspecified atom stereocenters. The largest absolute Gasteiger partial charge is 0.508 e. The minimum Gasteiger partial charge on any atom is -0.508 e. The second kappa shape index (κ2) is 3.32. The van der Waals surface area contributed by atoms with E-state index in [4.69, 9.17) is 0 Å². The zero-order chi connectivity index (χ0) is 11.1. The molecule has 2 rings (SSSR count). The molecule has 0 aliphatic carbocycles. The highest BCUT2D eigenvalue weighted by molar-refractivity contribution is 5.55. The van der Waals surface area contributed by atoms with E-state index >= 15 is 0 Å². The lowest BCUT2D eigenvalue weighted by molar-refractivity contribution is -0.137. The number of nitrogens with zero attached hydrogens (tertiary/aromatic N) is 1. The van der Waals surface area contributed by atoms with Gasteiger partial charge in [0, 0.05) is 24.8 Å². The minimum atomic E-state index is -4.40. The highest BCUT2D eigenvalue weighted by atomic mass is 19.4. The first-order valence-corrected chi connectivity index (χ1v) is 4.63. The topological polar surface area (TPSA) is 23.5 Å². The van der Waals surface area contributed by atoms with Gasteiger partial charge in [0.15, 0.2) is 0 Å². The van der Waals surface area contributed by atoms with Crippen LogP contribution in [0.3, 0.4) is 0 Å². The normalized spacial score (nSPS) is 16.3. The van der Waals surface area contributed by atoms with Gasteiger partial charge in [0.2, 0.25) is 0 Å². The summed E-state index contributed by atoms with van der Waals surface area (Å²) in [6.07, 6.45) is -3.42. The van der Waals surface area contributed by atoms with Crippen LogP contribution in [0.25, 0.3) is 0 Å². The molecule has 1 saturated heterocycles. The molecule has 0 aromatic heterocycles. The van der Waals surface area contributed by atoms with Crippen LogP contribution in [0.4, 0.5) is 18.9 Å². The first kappa shape index (κ1) is 10.1. The molecule has 0 atom stereocenters. The number of phenols is 1. The van der Waals surface area contributed by atoms with Crippen LogP contribution in [-0.2, 0) is 6.18 Å². The van der Waals surface area contributed by atoms with Crippen molar-refractivity contribution in [3.63, 3.8) is 0 Å². The van der Waals surface area contributed by atoms with E-state index in [2.05, 4.69) is 0 Å². The maximum Gasteiger partial charge on any atom is 0.416 e. The van der Waals surface area contributed by atoms with E-state index in [0.29, 0.717) is 5.69 Å². The van der Waals surface area contributed by atoms with Gasteiger partial charge in [-0.15, -0.1) is 0 Å². The van der Waals surface area contributed by atoms with E-state index in [1.165, 1.54) is 6.07 Å². The number of aromatic hydroxyl groups is 1. The fourth-order valence-corrected chi connectivity index (χ4v) is 1.52. The lowest BCUT2D eigenvalue weighted by atomic mass is 10.1. The molecule has 1 fully saturated rings. The van der Waals surface area contributed by atoms with Crippen molar-refractivity contribution in [3.05, 3.63) is 23.8 Å². The highest BCUT2D eigenvalue weighted by Gasteiger charge is 2.32. The van der Waals surface area contributed by atoms with Crippen LogP contribution in [0.15, 0.2) is 18.2 Å². The van der Waals surface area contributed by atoms with Gasteiger partial charge in [0.1, 0.15) is 5.75 Å². The Bertz CT molecular complexity index is 371. The van der Waals surface area contributed by atoms with Crippen LogP contribution in [0.2, 0.25) is 0 Å². The van der Waals surface area contributed by atoms with Gasteiger partial charge >= 0.3 is 6.18 Å². The SMILES string of the molecule is Oc1cc(N2CCC2)cc(C(F)(F)F)c1. The summed E-state index contributed by atoms with van der Waals surface area (Å²) in [5.74, 6) is -0.341. The van der Waals surface area contributed by atoms with E-state index < -0.39 is 11.7 Å². The molecule has 1 N–H and O–H groups in total. The number of phenolic OH excluding ortho intramolecular Hbond substituents is 1. The van der Waals surface area contributed by atoms with Crippen molar-refractivity contribution in [2.75, 3.05) is 18.0 Å². The summed E-state index contributed by atoms with van der Waals surface area (Å²) in [5.41, 5.74) is -0.363. The van der Waals surface area contributed by atoms with Crippen molar-refractivity contribution < 1.29 is 18.3 Å². The number of rotatable bonds is 1. The number of benzene rings is 1. The van der Waals surface area contributed by atoms with E-state index in [1.54, 1.807) is 4.90 Å². The van der Waals surface area contributed by atoms with Crippen molar-refractivity contribution in [1.29, 1.82) is 0 Å². The number of hydrogen-bond acceptors (Lipinski definition) is 2. The van der Waals surface area contributed by atoms with Crippen LogP contribution in [0.5, 0.6) is 5.75 Å². The fourth-order valence-electron chi connectivity index (χ4n) is 1.52. The van der Waals surface area contributed by atoms with Crippen molar-refractivity contribution >= 4 is 5.69 Å². The predicted molar refractivity (Wildman–Crippen MR) is 49.9 cm³/mol. The Hall–Kier alpha value is -1.39. The maximum absolute atomic E-state index is 12.4. The van der Waals surface area contributed by atoms with Crippen LogP contribution in [0.1, 0.15) is 12.0 Å². The second-order valence-corrected chi connectivity index (χ2v) is 3.58. The third-order valence-electron chi connectivity index (χ3n) is 2.45. The van der Waals surface area contributed by atoms with Gasteiger partial charge in [0.05, 0.1) is 5.56 Å². The molecule has 82 valence electrons. The molecular formula is C10H10F3NO. The molecule has 0 radical (unpaired) electrons. The summed E-state index contributed by atoms with van der Waals surface area (Å²) in [7, 11) is 0. The Morgan fingerprint density at radius 3 is 2.27 bits per heavy atom. The maximum atomic E-state index is 12.4. The van der Waals surface area contributed by atoms with Crippen LogP contribution in [0, 0.1) is 0 Å². The summed E-state index contributed by atoms with van der Waals surface area (Å²) >= 11 is 0. The van der Waals surface area contributed by atoms with Gasteiger partial charge in [-0.3, -0.25) is 0 Å². The molecule has 1 aliphatic heterocycles. The third kappa shape index (κ3) is 2.00. The van der Waals surface area contributed by atoms with E-state index in [0.717, 1.165) is 31.6 Å². The van der Waals surface area contributed by atoms with Crippen LogP contribution in [-0.4, -0.2) is 18.2 Å². The average molecular weight is 217 g/mol. The Kier molecular flexibility index (Phi) is 2.25. The standard InChI is InChI=1S/C10H10F3NO/c11-10(12,13)7-4-8(6-9(15)5-7)14-2-1-3-14/h4-6,15H,1-3H2. The second-order valence-electron chi connectivity index (χ2n) is 3.58. The summed E-state index contributed by atoms with van der Waals surface area (Å²) in [5, 5.41) is 9.20. The average Bonchev–Trinajstić information content (AvgIpc) is 1.97. The van der Waals surface area contributed by atoms with Crippen molar-refractivity contribution in [2.45, 2.75) is 12.6 Å². The predicted octanol–water partition coefficient (Wildman–Crippen LogP) is 2.62. The fraction of sp³-hybridized carbons (Fsp3) is 0.400. The first-order valence-electron chi connectivity index (χ1n) is 4.63. The molecule has 1 aliphatic rings. The lowest BCUT2D eigenvalue weighted by Gasteiger charge is -2.33. The van der Waals surface area contributed by atoms with Crippen LogP contribution >= 0.6 is 0 Å². The number of hydrogen-bond donors (Lipinski definition) is 1. The zero-order valence-corrected chi connectivity index (χ0v) is 7.88. The van der Waals surface area contributed by atoms with E-state index in [9.17, 15) is 18.3 Å². The lowest BCUT2D eigenvalue weighted by Crippen LogP contribution is -2.37. The smallest absolute Gasteiger partial charge is 0.416 e. The van der Waals surface area contributed by atoms with Gasteiger partial charge in [-0.2, -0.15) is 13.2 Å². The minimum absolute atomic E-state index is 0.341. The first-order chi connectivity index (χ1) is 6.97. The molecule has 0 amide bonds. The molecular weight excluding hydrogens is 207 g/mol. The summed E-state index contributed by atoms with van der Waals surface area (Å²) < 4.78 is 37.2. The monoisotopic (exact) mass is 217 g/mol. The molecule has 2 nitrogen and oxygen atoms in total. The number of alkyl halides is 3. The number of halogens is 3. The van der Waals surface area contributed by atoms with Gasteiger partial charge in [-0.25, -0.2) is 0 Å². The van der Waals surface area contributed by atoms with Crippen molar-refractivity contribution in [2.24, 2.45) is 0 Å². The van der Waals surface area contributed by atoms with Gasteiger partial charge in [0.25, 0.3) is 0 Å². The third-order valence-corrected chi connectivity index (χ3v) is 2.45. The Morgan fingerprint density at radius 1 is 1.13 bits per heavy atom. The van der Waals surface area contributed by atoms with E-state index in [-0.39, 0.29) is 5.75 Å². The van der Waals surface area contributed by atoms with Gasteiger partial charge < -0.3 is 10.0 Å². The van der Waals surface area contributed by atoms with Gasteiger partial charge in [-0.05, 0) is 18.6 Å².